The van der Waals surface area contributed by atoms with Gasteiger partial charge in [-0.2, -0.15) is 11.8 Å². The maximum atomic E-state index is 10.3. The predicted molar refractivity (Wildman–Crippen MR) is 76.4 cm³/mol. The minimum Gasteiger partial charge on any atom is -0.496 e. The van der Waals surface area contributed by atoms with Gasteiger partial charge in [0.05, 0.1) is 13.2 Å². The van der Waals surface area contributed by atoms with Crippen LogP contribution in [0.15, 0.2) is 18.2 Å². The smallest absolute Gasteiger partial charge is 0.124 e. The monoisotopic (exact) mass is 267 g/mol. The van der Waals surface area contributed by atoms with Crippen LogP contribution in [0.1, 0.15) is 23.7 Å². The molecule has 0 amide bonds. The van der Waals surface area contributed by atoms with Gasteiger partial charge in [-0.25, -0.2) is 0 Å². The lowest BCUT2D eigenvalue weighted by Crippen LogP contribution is -2.32. The van der Waals surface area contributed by atoms with Crippen LogP contribution in [-0.4, -0.2) is 36.3 Å². The van der Waals surface area contributed by atoms with Gasteiger partial charge in [0.1, 0.15) is 5.75 Å². The van der Waals surface area contributed by atoms with Gasteiger partial charge in [0.25, 0.3) is 0 Å². The second-order valence-electron chi connectivity index (χ2n) is 4.73. The summed E-state index contributed by atoms with van der Waals surface area (Å²) in [5.41, 5.74) is 2.01. The van der Waals surface area contributed by atoms with E-state index in [2.05, 4.69) is 5.32 Å². The van der Waals surface area contributed by atoms with Crippen molar-refractivity contribution < 1.29 is 9.84 Å². The highest BCUT2D eigenvalue weighted by atomic mass is 32.2. The third-order valence-corrected chi connectivity index (χ3v) is 4.44. The predicted octanol–water partition coefficient (Wildman–Crippen LogP) is 2.13. The summed E-state index contributed by atoms with van der Waals surface area (Å²) in [6.07, 6.45) is 0.688. The number of nitrogens with one attached hydrogen (secondary N) is 1. The van der Waals surface area contributed by atoms with E-state index in [0.717, 1.165) is 22.6 Å². The first-order valence-electron chi connectivity index (χ1n) is 6.34. The highest BCUT2D eigenvalue weighted by molar-refractivity contribution is 7.99. The standard InChI is InChI=1S/C14H21NO2S/c1-10-3-4-14(17-2)12(7-10)13(16)8-15-11-5-6-18-9-11/h3-4,7,11,13,15-16H,5-6,8-9H2,1-2H3. The molecule has 4 heteroatoms. The minimum absolute atomic E-state index is 0.509. The Morgan fingerprint density at radius 2 is 2.39 bits per heavy atom. The third-order valence-electron chi connectivity index (χ3n) is 3.27. The number of thioether (sulfide) groups is 1. The fraction of sp³-hybridized carbons (Fsp3) is 0.571. The normalized spacial score (nSPS) is 20.9. The molecule has 1 aromatic rings. The first kappa shape index (κ1) is 13.7. The molecule has 1 saturated heterocycles. The summed E-state index contributed by atoms with van der Waals surface area (Å²) in [5, 5.41) is 13.7. The average Bonchev–Trinajstić information content (AvgIpc) is 2.89. The summed E-state index contributed by atoms with van der Waals surface area (Å²) in [7, 11) is 1.64. The Kier molecular flexibility index (Phi) is 4.92. The highest BCUT2D eigenvalue weighted by Crippen LogP contribution is 2.26. The molecule has 18 heavy (non-hydrogen) atoms. The highest BCUT2D eigenvalue weighted by Gasteiger charge is 2.18. The van der Waals surface area contributed by atoms with Crippen molar-refractivity contribution in [3.8, 4) is 5.75 Å². The van der Waals surface area contributed by atoms with E-state index in [1.807, 2.05) is 36.9 Å². The third kappa shape index (κ3) is 3.40. The first-order chi connectivity index (χ1) is 8.70. The summed E-state index contributed by atoms with van der Waals surface area (Å²) in [4.78, 5) is 0. The summed E-state index contributed by atoms with van der Waals surface area (Å²) in [6, 6.07) is 6.45. The topological polar surface area (TPSA) is 41.5 Å². The van der Waals surface area contributed by atoms with E-state index >= 15 is 0 Å². The Morgan fingerprint density at radius 3 is 3.06 bits per heavy atom. The molecule has 3 nitrogen and oxygen atoms in total. The van der Waals surface area contributed by atoms with Gasteiger partial charge in [-0.05, 0) is 31.2 Å². The van der Waals surface area contributed by atoms with E-state index in [-0.39, 0.29) is 0 Å². The van der Waals surface area contributed by atoms with Crippen LogP contribution >= 0.6 is 11.8 Å². The second-order valence-corrected chi connectivity index (χ2v) is 5.88. The van der Waals surface area contributed by atoms with Crippen LogP contribution in [0.3, 0.4) is 0 Å². The molecule has 0 aromatic heterocycles. The van der Waals surface area contributed by atoms with Crippen molar-refractivity contribution in [3.63, 3.8) is 0 Å². The van der Waals surface area contributed by atoms with E-state index in [9.17, 15) is 5.11 Å². The molecule has 0 saturated carbocycles. The Bertz CT molecular complexity index is 391. The largest absolute Gasteiger partial charge is 0.496 e. The average molecular weight is 267 g/mol. The summed E-state index contributed by atoms with van der Waals surface area (Å²) in [5.74, 6) is 3.13. The van der Waals surface area contributed by atoms with Gasteiger partial charge >= 0.3 is 0 Å². The number of aliphatic hydroxyl groups is 1. The van der Waals surface area contributed by atoms with Gasteiger partial charge in [-0.3, -0.25) is 0 Å². The number of aliphatic hydroxyl groups excluding tert-OH is 1. The molecule has 2 N–H and O–H groups in total. The lowest BCUT2D eigenvalue weighted by molar-refractivity contribution is 0.167. The van der Waals surface area contributed by atoms with Gasteiger partial charge in [0.15, 0.2) is 0 Å². The lowest BCUT2D eigenvalue weighted by Gasteiger charge is -2.18. The van der Waals surface area contributed by atoms with E-state index in [1.165, 1.54) is 12.2 Å². The molecule has 0 bridgehead atoms. The maximum Gasteiger partial charge on any atom is 0.124 e. The zero-order chi connectivity index (χ0) is 13.0. The summed E-state index contributed by atoms with van der Waals surface area (Å²) >= 11 is 1.97. The van der Waals surface area contributed by atoms with Gasteiger partial charge in [0.2, 0.25) is 0 Å². The Morgan fingerprint density at radius 1 is 1.56 bits per heavy atom. The Labute approximate surface area is 113 Å². The fourth-order valence-electron chi connectivity index (χ4n) is 2.20. The van der Waals surface area contributed by atoms with Crippen molar-refractivity contribution in [2.45, 2.75) is 25.5 Å². The zero-order valence-electron chi connectivity index (χ0n) is 11.0. The molecule has 2 unspecified atom stereocenters. The quantitative estimate of drug-likeness (QED) is 0.857. The molecule has 1 fully saturated rings. The number of ether oxygens (including phenoxy) is 1. The molecule has 0 aliphatic carbocycles. The van der Waals surface area contributed by atoms with Crippen molar-refractivity contribution in [3.05, 3.63) is 29.3 Å². The Hall–Kier alpha value is -0.710. The van der Waals surface area contributed by atoms with Crippen LogP contribution in [0.4, 0.5) is 0 Å². The van der Waals surface area contributed by atoms with Crippen LogP contribution in [-0.2, 0) is 0 Å². The zero-order valence-corrected chi connectivity index (χ0v) is 11.8. The van der Waals surface area contributed by atoms with Crippen LogP contribution in [0.25, 0.3) is 0 Å². The van der Waals surface area contributed by atoms with E-state index in [0.29, 0.717) is 12.6 Å². The molecular formula is C14H21NO2S. The molecule has 2 rings (SSSR count). The molecule has 0 spiro atoms. The molecular weight excluding hydrogens is 246 g/mol. The molecule has 1 aliphatic heterocycles. The van der Waals surface area contributed by atoms with Crippen molar-refractivity contribution in [1.82, 2.24) is 5.32 Å². The maximum absolute atomic E-state index is 10.3. The van der Waals surface area contributed by atoms with Gasteiger partial charge in [-0.15, -0.1) is 0 Å². The number of hydrogen-bond donors (Lipinski definition) is 2. The second kappa shape index (κ2) is 6.45. The first-order valence-corrected chi connectivity index (χ1v) is 7.50. The summed E-state index contributed by atoms with van der Waals surface area (Å²) in [6.45, 7) is 2.61. The minimum atomic E-state index is -0.509. The molecule has 1 heterocycles. The van der Waals surface area contributed by atoms with Gasteiger partial charge < -0.3 is 15.2 Å². The van der Waals surface area contributed by atoms with Gasteiger partial charge in [-0.1, -0.05) is 11.6 Å². The molecule has 2 atom stereocenters. The molecule has 1 aromatic carbocycles. The molecule has 1 aliphatic rings. The van der Waals surface area contributed by atoms with Crippen LogP contribution in [0.5, 0.6) is 5.75 Å². The number of rotatable bonds is 5. The molecule has 100 valence electrons. The van der Waals surface area contributed by atoms with E-state index in [1.54, 1.807) is 7.11 Å². The van der Waals surface area contributed by atoms with Crippen molar-refractivity contribution in [2.24, 2.45) is 0 Å². The SMILES string of the molecule is COc1ccc(C)cc1C(O)CNC1CCSC1. The van der Waals surface area contributed by atoms with Crippen LogP contribution < -0.4 is 10.1 Å². The number of aryl methyl sites for hydroxylation is 1. The van der Waals surface area contributed by atoms with E-state index in [4.69, 9.17) is 4.74 Å². The fourth-order valence-corrected chi connectivity index (χ4v) is 3.38. The van der Waals surface area contributed by atoms with Crippen LogP contribution in [0, 0.1) is 6.92 Å². The van der Waals surface area contributed by atoms with Gasteiger partial charge in [0, 0.05) is 23.9 Å². The van der Waals surface area contributed by atoms with Crippen molar-refractivity contribution in [1.29, 1.82) is 0 Å². The van der Waals surface area contributed by atoms with Crippen molar-refractivity contribution >= 4 is 11.8 Å². The van der Waals surface area contributed by atoms with Crippen molar-refractivity contribution in [2.75, 3.05) is 25.2 Å². The molecule has 0 radical (unpaired) electrons. The Balaban J connectivity index is 1.98. The lowest BCUT2D eigenvalue weighted by atomic mass is 10.0. The number of hydrogen-bond acceptors (Lipinski definition) is 4. The van der Waals surface area contributed by atoms with E-state index < -0.39 is 6.10 Å². The number of benzene rings is 1. The number of methoxy groups -OCH3 is 1. The van der Waals surface area contributed by atoms with Crippen LogP contribution in [0.2, 0.25) is 0 Å². The summed E-state index contributed by atoms with van der Waals surface area (Å²) < 4.78 is 5.30.